The minimum absolute atomic E-state index is 0.656. The third-order valence-corrected chi connectivity index (χ3v) is 3.37. The molecule has 2 aliphatic rings. The molecule has 0 N–H and O–H groups in total. The summed E-state index contributed by atoms with van der Waals surface area (Å²) in [5, 5.41) is 0. The zero-order chi connectivity index (χ0) is 8.84. The zero-order valence-electron chi connectivity index (χ0n) is 8.03. The maximum absolute atomic E-state index is 2.64. The van der Waals surface area contributed by atoms with E-state index in [0.717, 1.165) is 6.04 Å². The van der Waals surface area contributed by atoms with Gasteiger partial charge in [-0.25, -0.2) is 0 Å². The monoisotopic (exact) mass is 173 g/mol. The quantitative estimate of drug-likeness (QED) is 0.631. The van der Waals surface area contributed by atoms with Gasteiger partial charge in [0, 0.05) is 18.6 Å². The van der Waals surface area contributed by atoms with E-state index in [2.05, 4.69) is 36.1 Å². The van der Waals surface area contributed by atoms with Crippen LogP contribution in [-0.4, -0.2) is 10.9 Å². The highest BCUT2D eigenvalue weighted by Gasteiger charge is 2.37. The second kappa shape index (κ2) is 2.58. The Balaban J connectivity index is 1.96. The average Bonchev–Trinajstić information content (AvgIpc) is 2.94. The predicted octanol–water partition coefficient (Wildman–Crippen LogP) is 2.73. The maximum Gasteiger partial charge on any atom is 0.0329 e. The van der Waals surface area contributed by atoms with Gasteiger partial charge in [0.25, 0.3) is 0 Å². The Morgan fingerprint density at radius 3 is 2.69 bits per heavy atom. The van der Waals surface area contributed by atoms with Crippen LogP contribution in [0.15, 0.2) is 24.3 Å². The lowest BCUT2D eigenvalue weighted by Gasteiger charge is -2.20. The summed E-state index contributed by atoms with van der Waals surface area (Å²) in [5.74, 6) is 0. The van der Waals surface area contributed by atoms with Crippen molar-refractivity contribution in [2.45, 2.75) is 38.4 Å². The maximum atomic E-state index is 2.64. The summed E-state index contributed by atoms with van der Waals surface area (Å²) in [4.78, 5) is 2.64. The van der Waals surface area contributed by atoms with Crippen LogP contribution < -0.4 is 0 Å². The van der Waals surface area contributed by atoms with Crippen molar-refractivity contribution >= 4 is 0 Å². The number of benzene rings is 1. The predicted molar refractivity (Wildman–Crippen MR) is 53.4 cm³/mol. The van der Waals surface area contributed by atoms with Gasteiger partial charge in [0.1, 0.15) is 0 Å². The standard InChI is InChI=1S/C12H15N/c1-9-12-5-3-2-4-10(12)8-13(9)11-6-7-11/h2-5,9,11H,6-8H2,1H3. The molecule has 1 saturated carbocycles. The molecule has 1 fully saturated rings. The molecule has 1 nitrogen and oxygen atoms in total. The van der Waals surface area contributed by atoms with Crippen LogP contribution in [0, 0.1) is 0 Å². The van der Waals surface area contributed by atoms with E-state index >= 15 is 0 Å². The van der Waals surface area contributed by atoms with E-state index in [1.54, 1.807) is 11.1 Å². The lowest BCUT2D eigenvalue weighted by Crippen LogP contribution is -2.22. The Labute approximate surface area is 79.4 Å². The van der Waals surface area contributed by atoms with Crippen LogP contribution in [-0.2, 0) is 6.54 Å². The van der Waals surface area contributed by atoms with Crippen LogP contribution in [0.5, 0.6) is 0 Å². The first-order valence-electron chi connectivity index (χ1n) is 5.20. The van der Waals surface area contributed by atoms with Gasteiger partial charge in [-0.15, -0.1) is 0 Å². The fourth-order valence-corrected chi connectivity index (χ4v) is 2.45. The van der Waals surface area contributed by atoms with Crippen molar-refractivity contribution < 1.29 is 0 Å². The van der Waals surface area contributed by atoms with E-state index in [4.69, 9.17) is 0 Å². The largest absolute Gasteiger partial charge is 0.289 e. The van der Waals surface area contributed by atoms with Gasteiger partial charge in [-0.1, -0.05) is 24.3 Å². The SMILES string of the molecule is CC1c2ccccc2CN1C1CC1. The molecule has 1 unspecified atom stereocenters. The number of fused-ring (bicyclic) bond motifs is 1. The minimum Gasteiger partial charge on any atom is -0.289 e. The lowest BCUT2D eigenvalue weighted by atomic mass is 10.1. The van der Waals surface area contributed by atoms with Crippen LogP contribution in [0.3, 0.4) is 0 Å². The Morgan fingerprint density at radius 1 is 1.23 bits per heavy atom. The van der Waals surface area contributed by atoms with Gasteiger partial charge in [0.2, 0.25) is 0 Å². The molecule has 3 rings (SSSR count). The molecule has 0 saturated heterocycles. The molecule has 1 atom stereocenters. The lowest BCUT2D eigenvalue weighted by molar-refractivity contribution is 0.218. The molecule has 0 spiro atoms. The highest BCUT2D eigenvalue weighted by molar-refractivity contribution is 5.34. The molecule has 1 aromatic rings. The molecule has 0 amide bonds. The summed E-state index contributed by atoms with van der Waals surface area (Å²) in [6.07, 6.45) is 2.83. The first kappa shape index (κ1) is 7.57. The molecule has 1 heteroatoms. The second-order valence-electron chi connectivity index (χ2n) is 4.28. The second-order valence-corrected chi connectivity index (χ2v) is 4.28. The van der Waals surface area contributed by atoms with Gasteiger partial charge in [0.15, 0.2) is 0 Å². The first-order valence-corrected chi connectivity index (χ1v) is 5.20. The molecule has 0 radical (unpaired) electrons. The van der Waals surface area contributed by atoms with Crippen molar-refractivity contribution in [3.8, 4) is 0 Å². The molecule has 1 aromatic carbocycles. The Kier molecular flexibility index (Phi) is 1.50. The van der Waals surface area contributed by atoms with Gasteiger partial charge in [-0.3, -0.25) is 4.90 Å². The molecule has 1 aliphatic heterocycles. The van der Waals surface area contributed by atoms with Crippen molar-refractivity contribution in [1.29, 1.82) is 0 Å². The van der Waals surface area contributed by atoms with Crippen LogP contribution in [0.4, 0.5) is 0 Å². The summed E-state index contributed by atoms with van der Waals surface area (Å²) in [5.41, 5.74) is 3.09. The Morgan fingerprint density at radius 2 is 2.00 bits per heavy atom. The number of hydrogen-bond donors (Lipinski definition) is 0. The number of rotatable bonds is 1. The summed E-state index contributed by atoms with van der Waals surface area (Å²) in [7, 11) is 0. The third-order valence-electron chi connectivity index (χ3n) is 3.37. The van der Waals surface area contributed by atoms with Crippen molar-refractivity contribution in [3.63, 3.8) is 0 Å². The fourth-order valence-electron chi connectivity index (χ4n) is 2.45. The summed E-state index contributed by atoms with van der Waals surface area (Å²) in [6, 6.07) is 10.4. The Bertz CT molecular complexity index is 328. The number of hydrogen-bond acceptors (Lipinski definition) is 1. The minimum atomic E-state index is 0.656. The van der Waals surface area contributed by atoms with Gasteiger partial charge in [0.05, 0.1) is 0 Å². The molecule has 0 aromatic heterocycles. The molecule has 13 heavy (non-hydrogen) atoms. The highest BCUT2D eigenvalue weighted by atomic mass is 15.2. The zero-order valence-corrected chi connectivity index (χ0v) is 8.03. The third kappa shape index (κ3) is 1.11. The van der Waals surface area contributed by atoms with Crippen LogP contribution in [0.25, 0.3) is 0 Å². The summed E-state index contributed by atoms with van der Waals surface area (Å²) < 4.78 is 0. The van der Waals surface area contributed by atoms with E-state index in [9.17, 15) is 0 Å². The average molecular weight is 173 g/mol. The topological polar surface area (TPSA) is 3.24 Å². The van der Waals surface area contributed by atoms with Crippen molar-refractivity contribution in [2.75, 3.05) is 0 Å². The molecular weight excluding hydrogens is 158 g/mol. The van der Waals surface area contributed by atoms with E-state index in [1.807, 2.05) is 0 Å². The molecule has 1 heterocycles. The van der Waals surface area contributed by atoms with Crippen molar-refractivity contribution in [1.82, 2.24) is 4.90 Å². The van der Waals surface area contributed by atoms with E-state index in [0.29, 0.717) is 6.04 Å². The van der Waals surface area contributed by atoms with Gasteiger partial charge < -0.3 is 0 Å². The Hall–Kier alpha value is -0.820. The normalized spacial score (nSPS) is 27.6. The van der Waals surface area contributed by atoms with Crippen LogP contribution in [0.1, 0.15) is 36.9 Å². The van der Waals surface area contributed by atoms with Crippen molar-refractivity contribution in [2.24, 2.45) is 0 Å². The van der Waals surface area contributed by atoms with E-state index in [1.165, 1.54) is 19.4 Å². The van der Waals surface area contributed by atoms with E-state index < -0.39 is 0 Å². The molecule has 1 aliphatic carbocycles. The van der Waals surface area contributed by atoms with E-state index in [-0.39, 0.29) is 0 Å². The smallest absolute Gasteiger partial charge is 0.0329 e. The summed E-state index contributed by atoms with van der Waals surface area (Å²) >= 11 is 0. The van der Waals surface area contributed by atoms with Crippen LogP contribution >= 0.6 is 0 Å². The van der Waals surface area contributed by atoms with Gasteiger partial charge in [-0.2, -0.15) is 0 Å². The molecule has 0 bridgehead atoms. The van der Waals surface area contributed by atoms with Gasteiger partial charge in [-0.05, 0) is 30.9 Å². The summed E-state index contributed by atoms with van der Waals surface area (Å²) in [6.45, 7) is 3.52. The molecule has 68 valence electrons. The van der Waals surface area contributed by atoms with Crippen LogP contribution in [0.2, 0.25) is 0 Å². The number of nitrogens with zero attached hydrogens (tertiary/aromatic N) is 1. The van der Waals surface area contributed by atoms with Gasteiger partial charge >= 0.3 is 0 Å². The first-order chi connectivity index (χ1) is 6.36. The van der Waals surface area contributed by atoms with Crippen molar-refractivity contribution in [3.05, 3.63) is 35.4 Å². The highest BCUT2D eigenvalue weighted by Crippen LogP contribution is 2.41. The fraction of sp³-hybridized carbons (Fsp3) is 0.500. The molecular formula is C12H15N.